The first-order valence-electron chi connectivity index (χ1n) is 11.0. The zero-order chi connectivity index (χ0) is 23.3. The number of benzene rings is 3. The lowest BCUT2D eigenvalue weighted by Gasteiger charge is -2.21. The van der Waals surface area contributed by atoms with Gasteiger partial charge in [-0.1, -0.05) is 91.0 Å². The monoisotopic (exact) mass is 446 g/mol. The molecule has 172 valence electrons. The van der Waals surface area contributed by atoms with Gasteiger partial charge >= 0.3 is 12.1 Å². The minimum Gasteiger partial charge on any atom is -0.460 e. The van der Waals surface area contributed by atoms with Crippen molar-refractivity contribution in [3.63, 3.8) is 0 Å². The summed E-state index contributed by atoms with van der Waals surface area (Å²) in [7, 11) is 0. The second kappa shape index (κ2) is 13.0. The van der Waals surface area contributed by atoms with Gasteiger partial charge < -0.3 is 20.1 Å². The number of esters is 1. The Kier molecular flexibility index (Phi) is 9.48. The van der Waals surface area contributed by atoms with E-state index in [9.17, 15) is 9.59 Å². The van der Waals surface area contributed by atoms with E-state index in [0.29, 0.717) is 13.0 Å². The summed E-state index contributed by atoms with van der Waals surface area (Å²) in [6.45, 7) is 2.56. The molecule has 0 spiro atoms. The molecule has 0 aliphatic carbocycles. The summed E-state index contributed by atoms with van der Waals surface area (Å²) in [6, 6.07) is 28.1. The Morgan fingerprint density at radius 3 is 1.76 bits per heavy atom. The molecule has 0 fully saturated rings. The van der Waals surface area contributed by atoms with E-state index in [4.69, 9.17) is 9.47 Å². The van der Waals surface area contributed by atoms with Crippen LogP contribution in [0.1, 0.15) is 23.6 Å². The fourth-order valence-electron chi connectivity index (χ4n) is 3.26. The van der Waals surface area contributed by atoms with Crippen molar-refractivity contribution in [2.24, 2.45) is 0 Å². The first kappa shape index (κ1) is 24.0. The zero-order valence-electron chi connectivity index (χ0n) is 18.8. The van der Waals surface area contributed by atoms with Crippen LogP contribution in [0.5, 0.6) is 0 Å². The Morgan fingerprint density at radius 1 is 0.727 bits per heavy atom. The van der Waals surface area contributed by atoms with E-state index in [1.807, 2.05) is 91.0 Å². The SMILES string of the molecule is C[C@H](NC[C@@H](Cc1ccccc1)NC(=O)OCc1ccccc1)C(=O)OCc1ccccc1. The van der Waals surface area contributed by atoms with E-state index in [1.165, 1.54) is 0 Å². The number of carbonyl (C=O) groups is 2. The molecule has 1 amide bonds. The van der Waals surface area contributed by atoms with Crippen LogP contribution in [0.4, 0.5) is 4.79 Å². The summed E-state index contributed by atoms with van der Waals surface area (Å²) < 4.78 is 10.8. The third kappa shape index (κ3) is 8.79. The van der Waals surface area contributed by atoms with Gasteiger partial charge in [-0.15, -0.1) is 0 Å². The van der Waals surface area contributed by atoms with Crippen molar-refractivity contribution >= 4 is 12.1 Å². The molecule has 33 heavy (non-hydrogen) atoms. The number of ether oxygens (including phenoxy) is 2. The summed E-state index contributed by atoms with van der Waals surface area (Å²) >= 11 is 0. The molecule has 0 heterocycles. The van der Waals surface area contributed by atoms with E-state index < -0.39 is 12.1 Å². The van der Waals surface area contributed by atoms with E-state index >= 15 is 0 Å². The summed E-state index contributed by atoms with van der Waals surface area (Å²) in [4.78, 5) is 24.8. The Morgan fingerprint density at radius 2 is 1.21 bits per heavy atom. The Hall–Kier alpha value is -3.64. The minimum atomic E-state index is -0.519. The van der Waals surface area contributed by atoms with Crippen LogP contribution < -0.4 is 10.6 Å². The molecule has 2 N–H and O–H groups in total. The van der Waals surface area contributed by atoms with Gasteiger partial charge in [0.1, 0.15) is 19.3 Å². The molecular formula is C27H30N2O4. The predicted octanol–water partition coefficient (Wildman–Crippen LogP) is 4.25. The Balaban J connectivity index is 1.51. The van der Waals surface area contributed by atoms with Crippen molar-refractivity contribution in [1.29, 1.82) is 0 Å². The second-order valence-electron chi connectivity index (χ2n) is 7.82. The Bertz CT molecular complexity index is 981. The molecule has 3 rings (SSSR count). The molecule has 6 heteroatoms. The van der Waals surface area contributed by atoms with Crippen LogP contribution in [0, 0.1) is 0 Å². The topological polar surface area (TPSA) is 76.7 Å². The molecule has 0 saturated heterocycles. The normalized spacial score (nSPS) is 12.4. The molecule has 0 saturated carbocycles. The molecule has 3 aromatic rings. The maximum absolute atomic E-state index is 12.4. The van der Waals surface area contributed by atoms with Crippen molar-refractivity contribution < 1.29 is 19.1 Å². The van der Waals surface area contributed by atoms with Crippen LogP contribution in [0.15, 0.2) is 91.0 Å². The van der Waals surface area contributed by atoms with Gasteiger partial charge in [-0.3, -0.25) is 4.79 Å². The van der Waals surface area contributed by atoms with Crippen LogP contribution in [0.2, 0.25) is 0 Å². The van der Waals surface area contributed by atoms with Crippen LogP contribution in [-0.2, 0) is 33.9 Å². The molecule has 3 aromatic carbocycles. The molecule has 0 aliphatic rings. The minimum absolute atomic E-state index is 0.195. The highest BCUT2D eigenvalue weighted by molar-refractivity contribution is 5.75. The van der Waals surface area contributed by atoms with Gasteiger partial charge in [-0.2, -0.15) is 0 Å². The van der Waals surface area contributed by atoms with Crippen molar-refractivity contribution in [3.8, 4) is 0 Å². The van der Waals surface area contributed by atoms with Crippen molar-refractivity contribution in [1.82, 2.24) is 10.6 Å². The summed E-state index contributed by atoms with van der Waals surface area (Å²) in [5.74, 6) is -0.344. The highest BCUT2D eigenvalue weighted by Gasteiger charge is 2.19. The lowest BCUT2D eigenvalue weighted by atomic mass is 10.1. The van der Waals surface area contributed by atoms with Crippen LogP contribution in [0.25, 0.3) is 0 Å². The van der Waals surface area contributed by atoms with Gasteiger partial charge in [-0.05, 0) is 30.0 Å². The van der Waals surface area contributed by atoms with Gasteiger partial charge in [0.05, 0.1) is 0 Å². The highest BCUT2D eigenvalue weighted by atomic mass is 16.5. The highest BCUT2D eigenvalue weighted by Crippen LogP contribution is 2.06. The molecule has 0 unspecified atom stereocenters. The average Bonchev–Trinajstić information content (AvgIpc) is 2.86. The third-order valence-electron chi connectivity index (χ3n) is 5.11. The van der Waals surface area contributed by atoms with Gasteiger partial charge in [0, 0.05) is 12.6 Å². The quantitative estimate of drug-likeness (QED) is 0.431. The van der Waals surface area contributed by atoms with Crippen molar-refractivity contribution in [2.45, 2.75) is 38.6 Å². The Labute approximate surface area is 194 Å². The maximum atomic E-state index is 12.4. The molecule has 0 bridgehead atoms. The van der Waals surface area contributed by atoms with Gasteiger partial charge in [0.2, 0.25) is 0 Å². The van der Waals surface area contributed by atoms with Crippen LogP contribution in [-0.4, -0.2) is 30.7 Å². The fraction of sp³-hybridized carbons (Fsp3) is 0.259. The number of rotatable bonds is 11. The molecule has 0 aromatic heterocycles. The number of carbonyl (C=O) groups excluding carboxylic acids is 2. The first-order chi connectivity index (χ1) is 16.1. The van der Waals surface area contributed by atoms with Gasteiger partial charge in [-0.25, -0.2) is 4.79 Å². The van der Waals surface area contributed by atoms with Gasteiger partial charge in [0.25, 0.3) is 0 Å². The molecule has 6 nitrogen and oxygen atoms in total. The lowest BCUT2D eigenvalue weighted by molar-refractivity contribution is -0.147. The third-order valence-corrected chi connectivity index (χ3v) is 5.11. The molecule has 0 aliphatic heterocycles. The smallest absolute Gasteiger partial charge is 0.407 e. The first-order valence-corrected chi connectivity index (χ1v) is 11.0. The molecular weight excluding hydrogens is 416 g/mol. The summed E-state index contributed by atoms with van der Waals surface area (Å²) in [6.07, 6.45) is 0.0981. The van der Waals surface area contributed by atoms with E-state index in [1.54, 1.807) is 6.92 Å². The number of amides is 1. The lowest BCUT2D eigenvalue weighted by Crippen LogP contribution is -2.47. The number of hydrogen-bond acceptors (Lipinski definition) is 5. The zero-order valence-corrected chi connectivity index (χ0v) is 18.8. The van der Waals surface area contributed by atoms with Crippen molar-refractivity contribution in [3.05, 3.63) is 108 Å². The average molecular weight is 447 g/mol. The second-order valence-corrected chi connectivity index (χ2v) is 7.82. The standard InChI is InChI=1S/C27H30N2O4/c1-21(26(30)32-19-23-13-7-3-8-14-23)28-18-25(17-22-11-5-2-6-12-22)29-27(31)33-20-24-15-9-4-10-16-24/h2-16,21,25,28H,17-20H2,1H3,(H,29,31)/t21-,25+/m0/s1. The van der Waals surface area contributed by atoms with E-state index in [0.717, 1.165) is 16.7 Å². The summed E-state index contributed by atoms with van der Waals surface area (Å²) in [5.41, 5.74) is 2.93. The van der Waals surface area contributed by atoms with Gasteiger partial charge in [0.15, 0.2) is 0 Å². The van der Waals surface area contributed by atoms with E-state index in [2.05, 4.69) is 10.6 Å². The van der Waals surface area contributed by atoms with Crippen molar-refractivity contribution in [2.75, 3.05) is 6.54 Å². The fourth-order valence-corrected chi connectivity index (χ4v) is 3.26. The number of hydrogen-bond donors (Lipinski definition) is 2. The molecule has 2 atom stereocenters. The number of alkyl carbamates (subject to hydrolysis) is 1. The maximum Gasteiger partial charge on any atom is 0.407 e. The van der Waals surface area contributed by atoms with Crippen LogP contribution in [0.3, 0.4) is 0 Å². The largest absolute Gasteiger partial charge is 0.460 e. The molecule has 0 radical (unpaired) electrons. The summed E-state index contributed by atoms with van der Waals surface area (Å²) in [5, 5.41) is 6.09. The van der Waals surface area contributed by atoms with Crippen LogP contribution >= 0.6 is 0 Å². The van der Waals surface area contributed by atoms with E-state index in [-0.39, 0.29) is 25.2 Å². The predicted molar refractivity (Wildman–Crippen MR) is 127 cm³/mol. The number of nitrogens with one attached hydrogen (secondary N) is 2.